The lowest BCUT2D eigenvalue weighted by molar-refractivity contribution is 0.00578. The van der Waals surface area contributed by atoms with Crippen molar-refractivity contribution in [3.8, 4) is 0 Å². The predicted molar refractivity (Wildman–Crippen MR) is 90.3 cm³/mol. The third kappa shape index (κ3) is 2.69. The summed E-state index contributed by atoms with van der Waals surface area (Å²) in [6, 6.07) is 4.21. The molecule has 1 N–H and O–H groups in total. The Morgan fingerprint density at radius 2 is 1.68 bits per heavy atom. The summed E-state index contributed by atoms with van der Waals surface area (Å²) < 4.78 is 13.1. The maximum absolute atomic E-state index is 6.08. The van der Waals surface area contributed by atoms with E-state index in [9.17, 15) is 0 Å². The highest BCUT2D eigenvalue weighted by Gasteiger charge is 2.51. The lowest BCUT2D eigenvalue weighted by Gasteiger charge is -2.36. The molecule has 0 spiro atoms. The van der Waals surface area contributed by atoms with Crippen LogP contribution in [-0.4, -0.2) is 56.5 Å². The molecule has 2 aliphatic heterocycles. The lowest BCUT2D eigenvalue weighted by atomic mass is 9.80. The number of hydrogen-bond donors (Lipinski definition) is 1. The van der Waals surface area contributed by atoms with Gasteiger partial charge in [0.05, 0.1) is 31.3 Å². The van der Waals surface area contributed by atoms with Crippen LogP contribution in [0.15, 0.2) is 18.3 Å². The van der Waals surface area contributed by atoms with Crippen LogP contribution in [0, 0.1) is 0 Å². The van der Waals surface area contributed by atoms with Gasteiger partial charge >= 0.3 is 7.12 Å². The van der Waals surface area contributed by atoms with Crippen molar-refractivity contribution in [3.05, 3.63) is 18.3 Å². The van der Waals surface area contributed by atoms with Crippen LogP contribution in [0.5, 0.6) is 0 Å². The normalized spacial score (nSPS) is 26.1. The number of piperazine rings is 1. The van der Waals surface area contributed by atoms with Crippen LogP contribution in [0.25, 0.3) is 0 Å². The molecule has 5 nitrogen and oxygen atoms in total. The van der Waals surface area contributed by atoms with Crippen LogP contribution >= 0.6 is 0 Å². The molecule has 0 saturated carbocycles. The van der Waals surface area contributed by atoms with E-state index in [4.69, 9.17) is 14.3 Å². The minimum absolute atomic E-state index is 0.312. The van der Waals surface area contributed by atoms with Crippen LogP contribution < -0.4 is 15.3 Å². The van der Waals surface area contributed by atoms with Gasteiger partial charge in [-0.15, -0.1) is 0 Å². The SMILES string of the molecule is CC1(C)OB(c2ccc([N+]3(C)CCNCC3)nc2)OC1(C)C. The first-order chi connectivity index (χ1) is 10.2. The second kappa shape index (κ2) is 5.30. The maximum Gasteiger partial charge on any atom is 0.496 e. The Kier molecular flexibility index (Phi) is 3.84. The van der Waals surface area contributed by atoms with E-state index in [0.29, 0.717) is 0 Å². The summed E-state index contributed by atoms with van der Waals surface area (Å²) in [4.78, 5) is 4.70. The number of aromatic nitrogens is 1. The number of nitrogens with one attached hydrogen (secondary N) is 1. The van der Waals surface area contributed by atoms with Gasteiger partial charge in [-0.3, -0.25) is 4.48 Å². The van der Waals surface area contributed by atoms with E-state index in [1.54, 1.807) is 0 Å². The van der Waals surface area contributed by atoms with Gasteiger partial charge in [0.25, 0.3) is 0 Å². The van der Waals surface area contributed by atoms with Crippen LogP contribution in [-0.2, 0) is 9.31 Å². The van der Waals surface area contributed by atoms with E-state index in [1.807, 2.05) is 6.20 Å². The Hall–Kier alpha value is -0.945. The monoisotopic (exact) mass is 304 g/mol. The van der Waals surface area contributed by atoms with Gasteiger partial charge < -0.3 is 14.6 Å². The molecule has 3 rings (SSSR count). The minimum atomic E-state index is -0.333. The highest BCUT2D eigenvalue weighted by Crippen LogP contribution is 2.36. The van der Waals surface area contributed by atoms with E-state index >= 15 is 0 Å². The third-order valence-electron chi connectivity index (χ3n) is 5.41. The van der Waals surface area contributed by atoms with Gasteiger partial charge in [0.1, 0.15) is 0 Å². The molecule has 0 bridgehead atoms. The van der Waals surface area contributed by atoms with Crippen LogP contribution in [0.3, 0.4) is 0 Å². The van der Waals surface area contributed by atoms with Gasteiger partial charge in [0.2, 0.25) is 5.82 Å². The average Bonchev–Trinajstić information content (AvgIpc) is 2.68. The molecule has 0 unspecified atom stereocenters. The zero-order valence-corrected chi connectivity index (χ0v) is 14.3. The fraction of sp³-hybridized carbons (Fsp3) is 0.688. The number of pyridine rings is 1. The standard InChI is InChI=1S/C16H27BN3O2/c1-15(2)16(3,4)22-17(21-15)13-6-7-14(19-12-13)20(5)10-8-18-9-11-20/h6-7,12,18H,8-11H2,1-5H3/q+1. The molecule has 2 fully saturated rings. The summed E-state index contributed by atoms with van der Waals surface area (Å²) in [5.41, 5.74) is 0.366. The fourth-order valence-electron chi connectivity index (χ4n) is 2.95. The Labute approximate surface area is 133 Å². The van der Waals surface area contributed by atoms with Crippen molar-refractivity contribution >= 4 is 18.4 Å². The Morgan fingerprint density at radius 3 is 2.18 bits per heavy atom. The van der Waals surface area contributed by atoms with Crippen LogP contribution in [0.1, 0.15) is 27.7 Å². The largest absolute Gasteiger partial charge is 0.496 e. The molecule has 2 aliphatic rings. The highest BCUT2D eigenvalue weighted by atomic mass is 16.7. The summed E-state index contributed by atoms with van der Waals surface area (Å²) in [6.45, 7) is 12.5. The van der Waals surface area contributed by atoms with E-state index in [-0.39, 0.29) is 18.3 Å². The number of hydrogen-bond acceptors (Lipinski definition) is 4. The minimum Gasteiger partial charge on any atom is -0.399 e. The fourth-order valence-corrected chi connectivity index (χ4v) is 2.95. The quantitative estimate of drug-likeness (QED) is 0.652. The second-order valence-electron chi connectivity index (χ2n) is 7.63. The molecule has 22 heavy (non-hydrogen) atoms. The summed E-state index contributed by atoms with van der Waals surface area (Å²) in [7, 11) is 1.91. The van der Waals surface area contributed by atoms with Crippen molar-refractivity contribution in [1.29, 1.82) is 0 Å². The van der Waals surface area contributed by atoms with Gasteiger partial charge in [-0.25, -0.2) is 4.98 Å². The van der Waals surface area contributed by atoms with Crippen molar-refractivity contribution in [2.45, 2.75) is 38.9 Å². The van der Waals surface area contributed by atoms with Gasteiger partial charge in [-0.1, -0.05) is 6.07 Å². The van der Waals surface area contributed by atoms with Crippen molar-refractivity contribution in [1.82, 2.24) is 14.8 Å². The molecule has 0 radical (unpaired) electrons. The Morgan fingerprint density at radius 1 is 1.09 bits per heavy atom. The van der Waals surface area contributed by atoms with Gasteiger partial charge in [0, 0.05) is 30.8 Å². The number of likely N-dealkylation sites (N-methyl/N-ethyl adjacent to an activating group) is 1. The summed E-state index contributed by atoms with van der Waals surface area (Å²) in [5, 5.41) is 3.40. The van der Waals surface area contributed by atoms with Gasteiger partial charge in [0.15, 0.2) is 0 Å². The third-order valence-corrected chi connectivity index (χ3v) is 5.41. The van der Waals surface area contributed by atoms with Gasteiger partial charge in [-0.2, -0.15) is 0 Å². The van der Waals surface area contributed by atoms with E-state index < -0.39 is 0 Å². The van der Waals surface area contributed by atoms with E-state index in [0.717, 1.165) is 41.9 Å². The molecule has 3 heterocycles. The smallest absolute Gasteiger partial charge is 0.399 e. The Bertz CT molecular complexity index is 523. The summed E-state index contributed by atoms with van der Waals surface area (Å²) >= 11 is 0. The second-order valence-corrected chi connectivity index (χ2v) is 7.63. The number of nitrogens with zero attached hydrogens (tertiary/aromatic N) is 2. The number of quaternary nitrogens is 1. The van der Waals surface area contributed by atoms with Gasteiger partial charge in [-0.05, 0) is 27.7 Å². The lowest BCUT2D eigenvalue weighted by Crippen LogP contribution is -2.57. The first-order valence-electron chi connectivity index (χ1n) is 8.11. The first kappa shape index (κ1) is 15.9. The molecule has 1 aromatic rings. The van der Waals surface area contributed by atoms with Crippen LogP contribution in [0.4, 0.5) is 5.82 Å². The Balaban J connectivity index is 1.78. The first-order valence-corrected chi connectivity index (χ1v) is 8.11. The molecule has 0 aromatic carbocycles. The predicted octanol–water partition coefficient (Wildman–Crippen LogP) is 0.921. The molecule has 1 aromatic heterocycles. The molecule has 120 valence electrons. The molecule has 2 saturated heterocycles. The van der Waals surface area contributed by atoms with Crippen molar-refractivity contribution in [2.75, 3.05) is 33.2 Å². The van der Waals surface area contributed by atoms with Crippen molar-refractivity contribution in [2.24, 2.45) is 0 Å². The van der Waals surface area contributed by atoms with Crippen LogP contribution in [0.2, 0.25) is 0 Å². The van der Waals surface area contributed by atoms with E-state index in [2.05, 4.69) is 52.2 Å². The maximum atomic E-state index is 6.08. The average molecular weight is 304 g/mol. The highest BCUT2D eigenvalue weighted by molar-refractivity contribution is 6.62. The van der Waals surface area contributed by atoms with Crippen molar-refractivity contribution < 1.29 is 9.31 Å². The summed E-state index contributed by atoms with van der Waals surface area (Å²) in [5.74, 6) is 1.11. The van der Waals surface area contributed by atoms with Crippen molar-refractivity contribution in [3.63, 3.8) is 0 Å². The topological polar surface area (TPSA) is 43.4 Å². The molecular formula is C16H27BN3O2+. The summed E-state index contributed by atoms with van der Waals surface area (Å²) in [6.07, 6.45) is 1.91. The molecule has 0 aliphatic carbocycles. The zero-order chi connectivity index (χ0) is 16.0. The molecule has 0 amide bonds. The molecule has 6 heteroatoms. The zero-order valence-electron chi connectivity index (χ0n) is 14.3. The molecular weight excluding hydrogens is 277 g/mol. The molecule has 0 atom stereocenters. The van der Waals surface area contributed by atoms with E-state index in [1.165, 1.54) is 0 Å². The number of rotatable bonds is 2.